The molecule has 84 valence electrons. The predicted molar refractivity (Wildman–Crippen MR) is 58.9 cm³/mol. The Morgan fingerprint density at radius 2 is 1.80 bits per heavy atom. The molecule has 1 rings (SSSR count). The SMILES string of the molecule is [2H]C([2H])(N)Cc1cc(OC([2H])([2H])[2H])c(OC([2H])([2H])[2H])c(OC([2H])([2H])[2H])c1. The molecule has 0 fully saturated rings. The molecule has 0 aliphatic heterocycles. The van der Waals surface area contributed by atoms with Crippen molar-refractivity contribution in [2.24, 2.45) is 5.73 Å². The molecule has 0 unspecified atom stereocenters. The van der Waals surface area contributed by atoms with Crippen LogP contribution in [0, 0.1) is 0 Å². The van der Waals surface area contributed by atoms with E-state index in [0.717, 1.165) is 12.1 Å². The van der Waals surface area contributed by atoms with Gasteiger partial charge in [0, 0.05) is 2.74 Å². The molecule has 0 amide bonds. The summed E-state index contributed by atoms with van der Waals surface area (Å²) < 4.78 is 93.3. The molecule has 4 heteroatoms. The van der Waals surface area contributed by atoms with Gasteiger partial charge in [0.25, 0.3) is 0 Å². The van der Waals surface area contributed by atoms with Crippen LogP contribution in [-0.4, -0.2) is 27.6 Å². The Kier molecular flexibility index (Phi) is 1.29. The monoisotopic (exact) mass is 222 g/mol. The van der Waals surface area contributed by atoms with E-state index < -0.39 is 51.3 Å². The highest BCUT2D eigenvalue weighted by atomic mass is 16.5. The van der Waals surface area contributed by atoms with Crippen molar-refractivity contribution < 1.29 is 29.3 Å². The van der Waals surface area contributed by atoms with Crippen LogP contribution in [0.25, 0.3) is 0 Å². The van der Waals surface area contributed by atoms with E-state index in [1.807, 2.05) is 0 Å². The van der Waals surface area contributed by atoms with Crippen LogP contribution < -0.4 is 19.9 Å². The van der Waals surface area contributed by atoms with E-state index in [-0.39, 0.29) is 5.56 Å². The van der Waals surface area contributed by atoms with Crippen LogP contribution in [-0.2, 0) is 6.42 Å². The van der Waals surface area contributed by atoms with E-state index in [1.165, 1.54) is 0 Å². The molecule has 15 heavy (non-hydrogen) atoms. The van der Waals surface area contributed by atoms with Gasteiger partial charge in [-0.3, -0.25) is 0 Å². The average molecular weight is 222 g/mol. The molecule has 0 aliphatic rings. The first-order valence-corrected chi connectivity index (χ1v) is 3.88. The van der Waals surface area contributed by atoms with Gasteiger partial charge in [-0.1, -0.05) is 0 Å². The maximum absolute atomic E-state index is 7.39. The van der Waals surface area contributed by atoms with Crippen LogP contribution in [0.1, 0.15) is 20.6 Å². The second-order valence-corrected chi connectivity index (χ2v) is 2.61. The Bertz CT molecular complexity index is 593. The highest BCUT2D eigenvalue weighted by Crippen LogP contribution is 2.38. The van der Waals surface area contributed by atoms with Crippen molar-refractivity contribution in [3.8, 4) is 17.2 Å². The number of benzene rings is 1. The molecule has 1 aromatic carbocycles. The largest absolute Gasteiger partial charge is 0.493 e. The minimum Gasteiger partial charge on any atom is -0.493 e. The summed E-state index contributed by atoms with van der Waals surface area (Å²) in [4.78, 5) is 0. The Hall–Kier alpha value is -1.42. The molecule has 0 heterocycles. The molecule has 0 aliphatic carbocycles. The van der Waals surface area contributed by atoms with Crippen molar-refractivity contribution >= 4 is 0 Å². The van der Waals surface area contributed by atoms with Gasteiger partial charge in [-0.15, -0.1) is 0 Å². The summed E-state index contributed by atoms with van der Waals surface area (Å²) in [5.74, 6) is -2.07. The van der Waals surface area contributed by atoms with E-state index >= 15 is 0 Å². The molecular formula is C11H17NO3. The van der Waals surface area contributed by atoms with Crippen LogP contribution in [0.3, 0.4) is 0 Å². The maximum atomic E-state index is 7.39. The Morgan fingerprint density at radius 3 is 2.27 bits per heavy atom. The molecule has 0 radical (unpaired) electrons. The van der Waals surface area contributed by atoms with Gasteiger partial charge in [-0.25, -0.2) is 0 Å². The third-order valence-electron chi connectivity index (χ3n) is 1.71. The Labute approximate surface area is 105 Å². The smallest absolute Gasteiger partial charge is 0.203 e. The fourth-order valence-electron chi connectivity index (χ4n) is 1.10. The first-order chi connectivity index (χ1) is 11.3. The van der Waals surface area contributed by atoms with Crippen LogP contribution in [0.2, 0.25) is 0 Å². The number of aryl methyl sites for hydroxylation is 1. The molecule has 4 nitrogen and oxygen atoms in total. The lowest BCUT2D eigenvalue weighted by atomic mass is 10.1. The summed E-state index contributed by atoms with van der Waals surface area (Å²) in [6.07, 6.45) is -0.463. The van der Waals surface area contributed by atoms with Gasteiger partial charge >= 0.3 is 0 Å². The van der Waals surface area contributed by atoms with Gasteiger partial charge < -0.3 is 19.9 Å². The number of hydrogen-bond acceptors (Lipinski definition) is 4. The standard InChI is InChI=1S/C11H17NO3/c1-13-9-6-8(4-5-12)7-10(14-2)11(9)15-3/h6-7H,4-5,12H2,1-3H3/i1D3,2D3,3D3,5D2. The highest BCUT2D eigenvalue weighted by Gasteiger charge is 2.12. The second kappa shape index (κ2) is 5.46. The van der Waals surface area contributed by atoms with Gasteiger partial charge in [-0.05, 0) is 30.6 Å². The topological polar surface area (TPSA) is 53.7 Å². The van der Waals surface area contributed by atoms with Crippen molar-refractivity contribution in [2.75, 3.05) is 27.6 Å². The van der Waals surface area contributed by atoms with E-state index in [9.17, 15) is 0 Å². The van der Waals surface area contributed by atoms with Gasteiger partial charge in [0.15, 0.2) is 11.5 Å². The minimum absolute atomic E-state index is 0.00823. The second-order valence-electron chi connectivity index (χ2n) is 2.61. The number of rotatable bonds is 5. The van der Waals surface area contributed by atoms with Crippen LogP contribution in [0.5, 0.6) is 17.2 Å². The third-order valence-corrected chi connectivity index (χ3v) is 1.71. The quantitative estimate of drug-likeness (QED) is 0.813. The number of methoxy groups -OCH3 is 3. The van der Waals surface area contributed by atoms with Crippen LogP contribution in [0.15, 0.2) is 12.1 Å². The number of ether oxygens (including phenoxy) is 3. The van der Waals surface area contributed by atoms with Gasteiger partial charge in [-0.2, -0.15) is 0 Å². The fraction of sp³-hybridized carbons (Fsp3) is 0.455. The summed E-state index contributed by atoms with van der Waals surface area (Å²) in [7, 11) is -9.11. The predicted octanol–water partition coefficient (Wildman–Crippen LogP) is 1.21. The average Bonchev–Trinajstić information content (AvgIpc) is 2.25. The molecule has 0 spiro atoms. The summed E-state index contributed by atoms with van der Waals surface area (Å²) in [6, 6.07) is 1.98. The Morgan fingerprint density at radius 1 is 1.20 bits per heavy atom. The summed E-state index contributed by atoms with van der Waals surface area (Å²) in [5, 5.41) is 0. The summed E-state index contributed by atoms with van der Waals surface area (Å²) >= 11 is 0. The lowest BCUT2D eigenvalue weighted by molar-refractivity contribution is 0.324. The van der Waals surface area contributed by atoms with Crippen molar-refractivity contribution in [1.29, 1.82) is 0 Å². The third kappa shape index (κ3) is 2.53. The van der Waals surface area contributed by atoms with E-state index in [1.54, 1.807) is 0 Å². The van der Waals surface area contributed by atoms with Gasteiger partial charge in [0.05, 0.1) is 33.5 Å². The van der Waals surface area contributed by atoms with Crippen molar-refractivity contribution in [2.45, 2.75) is 6.42 Å². The zero-order valence-electron chi connectivity index (χ0n) is 18.7. The van der Waals surface area contributed by atoms with Gasteiger partial charge in [0.1, 0.15) is 0 Å². The van der Waals surface area contributed by atoms with Crippen molar-refractivity contribution in [1.82, 2.24) is 0 Å². The molecule has 0 saturated heterocycles. The van der Waals surface area contributed by atoms with Crippen LogP contribution in [0.4, 0.5) is 0 Å². The van der Waals surface area contributed by atoms with E-state index in [4.69, 9.17) is 20.8 Å². The summed E-state index contributed by atoms with van der Waals surface area (Å²) in [6.45, 7) is -2.22. The fourth-order valence-corrected chi connectivity index (χ4v) is 1.10. The van der Waals surface area contributed by atoms with Crippen LogP contribution >= 0.6 is 0 Å². The molecule has 1 aromatic rings. The minimum atomic E-state index is -3.07. The first kappa shape index (κ1) is 3.56. The number of nitrogens with two attached hydrogens (primary N) is 1. The first-order valence-electron chi connectivity index (χ1n) is 9.38. The van der Waals surface area contributed by atoms with Gasteiger partial charge in [0.2, 0.25) is 5.75 Å². The molecule has 0 saturated carbocycles. The molecule has 2 N–H and O–H groups in total. The van der Waals surface area contributed by atoms with E-state index in [2.05, 4.69) is 14.2 Å². The Balaban J connectivity index is 3.57. The molecule has 0 aromatic heterocycles. The zero-order valence-corrected chi connectivity index (χ0v) is 7.66. The number of hydrogen-bond donors (Lipinski definition) is 1. The lowest BCUT2D eigenvalue weighted by Crippen LogP contribution is -2.04. The molecule has 0 atom stereocenters. The summed E-state index contributed by atoms with van der Waals surface area (Å²) in [5.41, 5.74) is 5.28. The maximum Gasteiger partial charge on any atom is 0.203 e. The molecule has 0 bridgehead atoms. The highest BCUT2D eigenvalue weighted by molar-refractivity contribution is 5.53. The van der Waals surface area contributed by atoms with E-state index in [0.29, 0.717) is 0 Å². The van der Waals surface area contributed by atoms with Crippen molar-refractivity contribution in [3.05, 3.63) is 17.7 Å². The lowest BCUT2D eigenvalue weighted by Gasteiger charge is -2.13. The normalized spacial score (nSPS) is 24.2. The zero-order chi connectivity index (χ0) is 20.6. The molecular weight excluding hydrogens is 194 g/mol. The van der Waals surface area contributed by atoms with Crippen molar-refractivity contribution in [3.63, 3.8) is 0 Å².